The van der Waals surface area contributed by atoms with Gasteiger partial charge < -0.3 is 18.9 Å². The van der Waals surface area contributed by atoms with E-state index in [1.165, 1.54) is 7.11 Å². The molecule has 0 aromatic heterocycles. The molecule has 0 spiro atoms. The number of hydrogen-bond donors (Lipinski definition) is 0. The SMILES string of the molecule is COC(=O)C(CC1=CC(OC)=CC(OC)=CC1)c1ccc(Oc2ccc(C=O)cc2)cc1. The fourth-order valence-electron chi connectivity index (χ4n) is 3.40. The summed E-state index contributed by atoms with van der Waals surface area (Å²) < 4.78 is 21.6. The van der Waals surface area contributed by atoms with Crippen molar-refractivity contribution in [1.82, 2.24) is 0 Å². The lowest BCUT2D eigenvalue weighted by molar-refractivity contribution is -0.142. The van der Waals surface area contributed by atoms with Crippen molar-refractivity contribution in [3.05, 3.63) is 95.0 Å². The highest BCUT2D eigenvalue weighted by Crippen LogP contribution is 2.31. The normalized spacial score (nSPS) is 14.2. The smallest absolute Gasteiger partial charge is 0.313 e. The Morgan fingerprint density at radius 1 is 0.906 bits per heavy atom. The maximum Gasteiger partial charge on any atom is 0.313 e. The fourth-order valence-corrected chi connectivity index (χ4v) is 3.40. The van der Waals surface area contributed by atoms with Gasteiger partial charge in [-0.1, -0.05) is 17.7 Å². The Kier molecular flexibility index (Phi) is 7.86. The molecule has 0 aliphatic heterocycles. The predicted molar refractivity (Wildman–Crippen MR) is 121 cm³/mol. The van der Waals surface area contributed by atoms with E-state index >= 15 is 0 Å². The topological polar surface area (TPSA) is 71.1 Å². The summed E-state index contributed by atoms with van der Waals surface area (Å²) in [6, 6.07) is 14.2. The van der Waals surface area contributed by atoms with Crippen LogP contribution >= 0.6 is 0 Å². The summed E-state index contributed by atoms with van der Waals surface area (Å²) in [5, 5.41) is 0. The van der Waals surface area contributed by atoms with Gasteiger partial charge in [0.1, 0.15) is 29.3 Å². The average Bonchev–Trinajstić information content (AvgIpc) is 3.05. The number of allylic oxidation sites excluding steroid dienone is 4. The lowest BCUT2D eigenvalue weighted by atomic mass is 9.90. The first-order valence-electron chi connectivity index (χ1n) is 10.2. The second-order valence-corrected chi connectivity index (χ2v) is 7.21. The van der Waals surface area contributed by atoms with E-state index in [9.17, 15) is 9.59 Å². The number of methoxy groups -OCH3 is 3. The molecular weight excluding hydrogens is 408 g/mol. The van der Waals surface area contributed by atoms with Crippen molar-refractivity contribution < 1.29 is 28.5 Å². The van der Waals surface area contributed by atoms with Gasteiger partial charge in [-0.25, -0.2) is 0 Å². The maximum atomic E-state index is 12.6. The molecule has 0 heterocycles. The molecule has 6 heteroatoms. The lowest BCUT2D eigenvalue weighted by Crippen LogP contribution is -2.15. The van der Waals surface area contributed by atoms with E-state index in [0.29, 0.717) is 41.4 Å². The predicted octanol–water partition coefficient (Wildman–Crippen LogP) is 5.33. The van der Waals surface area contributed by atoms with Crippen molar-refractivity contribution in [3.63, 3.8) is 0 Å². The molecule has 1 aliphatic carbocycles. The molecule has 1 aliphatic rings. The number of ether oxygens (including phenoxy) is 4. The Hall–Kier alpha value is -3.80. The van der Waals surface area contributed by atoms with Gasteiger partial charge in [-0.15, -0.1) is 0 Å². The number of esters is 1. The highest BCUT2D eigenvalue weighted by molar-refractivity contribution is 5.78. The van der Waals surface area contributed by atoms with Crippen molar-refractivity contribution >= 4 is 12.3 Å². The number of rotatable bonds is 9. The molecule has 0 fully saturated rings. The fraction of sp³-hybridized carbons (Fsp3) is 0.231. The lowest BCUT2D eigenvalue weighted by Gasteiger charge is -2.17. The Balaban J connectivity index is 1.78. The molecule has 1 unspecified atom stereocenters. The van der Waals surface area contributed by atoms with Crippen LogP contribution in [0.2, 0.25) is 0 Å². The maximum absolute atomic E-state index is 12.6. The van der Waals surface area contributed by atoms with Gasteiger partial charge in [0.25, 0.3) is 0 Å². The molecule has 2 aromatic carbocycles. The zero-order chi connectivity index (χ0) is 22.9. The van der Waals surface area contributed by atoms with E-state index in [4.69, 9.17) is 18.9 Å². The van der Waals surface area contributed by atoms with Crippen molar-refractivity contribution in [1.29, 1.82) is 0 Å². The third-order valence-corrected chi connectivity index (χ3v) is 5.15. The highest BCUT2D eigenvalue weighted by atomic mass is 16.5. The monoisotopic (exact) mass is 434 g/mol. The van der Waals surface area contributed by atoms with E-state index in [0.717, 1.165) is 17.4 Å². The second-order valence-electron chi connectivity index (χ2n) is 7.21. The number of aldehydes is 1. The number of carbonyl (C=O) groups is 2. The summed E-state index contributed by atoms with van der Waals surface area (Å²) in [4.78, 5) is 23.4. The van der Waals surface area contributed by atoms with Crippen LogP contribution in [0.3, 0.4) is 0 Å². The molecule has 0 saturated heterocycles. The first kappa shape index (κ1) is 22.9. The van der Waals surface area contributed by atoms with Crippen LogP contribution in [0, 0.1) is 0 Å². The molecule has 32 heavy (non-hydrogen) atoms. The van der Waals surface area contributed by atoms with Crippen molar-refractivity contribution in [3.8, 4) is 11.5 Å². The van der Waals surface area contributed by atoms with Crippen molar-refractivity contribution in [2.45, 2.75) is 18.8 Å². The summed E-state index contributed by atoms with van der Waals surface area (Å²) >= 11 is 0. The molecular formula is C26H26O6. The zero-order valence-corrected chi connectivity index (χ0v) is 18.4. The first-order chi connectivity index (χ1) is 15.6. The Morgan fingerprint density at radius 3 is 2.09 bits per heavy atom. The Bertz CT molecular complexity index is 1030. The van der Waals surface area contributed by atoms with Gasteiger partial charge in [0.05, 0.1) is 27.2 Å². The molecule has 0 radical (unpaired) electrons. The molecule has 1 atom stereocenters. The first-order valence-corrected chi connectivity index (χ1v) is 10.2. The van der Waals surface area contributed by atoms with E-state index < -0.39 is 5.92 Å². The van der Waals surface area contributed by atoms with Crippen molar-refractivity contribution in [2.24, 2.45) is 0 Å². The van der Waals surface area contributed by atoms with E-state index in [1.807, 2.05) is 42.5 Å². The zero-order valence-electron chi connectivity index (χ0n) is 18.4. The van der Waals surface area contributed by atoms with Crippen LogP contribution in [0.5, 0.6) is 11.5 Å². The van der Waals surface area contributed by atoms with Crippen LogP contribution in [0.4, 0.5) is 0 Å². The summed E-state index contributed by atoms with van der Waals surface area (Å²) in [5.41, 5.74) is 2.43. The molecule has 6 nitrogen and oxygen atoms in total. The minimum atomic E-state index is -0.470. The van der Waals surface area contributed by atoms with Crippen LogP contribution in [-0.4, -0.2) is 33.6 Å². The number of hydrogen-bond acceptors (Lipinski definition) is 6. The van der Waals surface area contributed by atoms with Gasteiger partial charge >= 0.3 is 5.97 Å². The average molecular weight is 434 g/mol. The van der Waals surface area contributed by atoms with E-state index in [-0.39, 0.29) is 5.97 Å². The molecule has 0 N–H and O–H groups in total. The number of benzene rings is 2. The third-order valence-electron chi connectivity index (χ3n) is 5.15. The number of carbonyl (C=O) groups excluding carboxylic acids is 2. The van der Waals surface area contributed by atoms with E-state index in [2.05, 4.69) is 0 Å². The van der Waals surface area contributed by atoms with Gasteiger partial charge in [0.2, 0.25) is 0 Å². The van der Waals surface area contributed by atoms with Crippen molar-refractivity contribution in [2.75, 3.05) is 21.3 Å². The molecule has 0 amide bonds. The van der Waals surface area contributed by atoms with Crippen LogP contribution < -0.4 is 4.74 Å². The molecule has 0 bridgehead atoms. The largest absolute Gasteiger partial charge is 0.497 e. The van der Waals surface area contributed by atoms with Gasteiger partial charge in [-0.3, -0.25) is 9.59 Å². The summed E-state index contributed by atoms with van der Waals surface area (Å²) in [6.07, 6.45) is 7.60. The second kappa shape index (κ2) is 11.0. The highest BCUT2D eigenvalue weighted by Gasteiger charge is 2.23. The molecule has 0 saturated carbocycles. The third kappa shape index (κ3) is 5.88. The van der Waals surface area contributed by atoms with Gasteiger partial charge in [0, 0.05) is 11.6 Å². The summed E-state index contributed by atoms with van der Waals surface area (Å²) in [6.45, 7) is 0. The summed E-state index contributed by atoms with van der Waals surface area (Å²) in [7, 11) is 4.60. The molecule has 166 valence electrons. The minimum Gasteiger partial charge on any atom is -0.497 e. The van der Waals surface area contributed by atoms with Gasteiger partial charge in [0.15, 0.2) is 0 Å². The Morgan fingerprint density at radius 2 is 1.53 bits per heavy atom. The van der Waals surface area contributed by atoms with Crippen LogP contribution in [0.15, 0.2) is 83.9 Å². The molecule has 3 rings (SSSR count). The quantitative estimate of drug-likeness (QED) is 0.392. The van der Waals surface area contributed by atoms with Crippen LogP contribution in [-0.2, 0) is 19.0 Å². The van der Waals surface area contributed by atoms with Gasteiger partial charge in [-0.05, 0) is 67.0 Å². The van der Waals surface area contributed by atoms with Crippen LogP contribution in [0.1, 0.15) is 34.7 Å². The standard InChI is InChI=1S/C26H26O6/c1-29-23-11-6-19(14-24(16-23)30-2)15-25(26(28)31-3)20-7-12-22(13-8-20)32-21-9-4-18(17-27)5-10-21/h4-5,7-14,16-17,25H,6,15H2,1-3H3. The van der Waals surface area contributed by atoms with E-state index in [1.54, 1.807) is 38.5 Å². The minimum absolute atomic E-state index is 0.313. The van der Waals surface area contributed by atoms with Gasteiger partial charge in [-0.2, -0.15) is 0 Å². The molecule has 2 aromatic rings. The van der Waals surface area contributed by atoms with Crippen LogP contribution in [0.25, 0.3) is 0 Å². The summed E-state index contributed by atoms with van der Waals surface area (Å²) in [5.74, 6) is 1.84. The Labute approximate surface area is 187 Å².